The largest absolute Gasteiger partial charge is 0.103 e. The van der Waals surface area contributed by atoms with Crippen molar-refractivity contribution in [2.24, 2.45) is 0 Å². The molecule has 0 heteroatoms. The first-order valence-corrected chi connectivity index (χ1v) is 5.34. The van der Waals surface area contributed by atoms with Crippen LogP contribution in [-0.2, 0) is 0 Å². The first kappa shape index (κ1) is 12.2. The van der Waals surface area contributed by atoms with E-state index in [1.807, 2.05) is 6.08 Å². The maximum absolute atomic E-state index is 3.69. The van der Waals surface area contributed by atoms with E-state index in [1.54, 1.807) is 0 Å². The molecule has 0 bridgehead atoms. The molecule has 0 heterocycles. The van der Waals surface area contributed by atoms with Gasteiger partial charge in [-0.25, -0.2) is 0 Å². The van der Waals surface area contributed by atoms with Gasteiger partial charge >= 0.3 is 0 Å². The van der Waals surface area contributed by atoms with Crippen LogP contribution in [-0.4, -0.2) is 0 Å². The number of hydrogen-bond acceptors (Lipinski definition) is 0. The zero-order chi connectivity index (χ0) is 9.78. The van der Waals surface area contributed by atoms with Crippen molar-refractivity contribution in [1.82, 2.24) is 0 Å². The molecule has 0 aliphatic carbocycles. The summed E-state index contributed by atoms with van der Waals surface area (Å²) in [7, 11) is 0. The smallest absolute Gasteiger partial charge is 0.0345 e. The van der Waals surface area contributed by atoms with Gasteiger partial charge in [0.1, 0.15) is 0 Å². The Bertz CT molecular complexity index is 151. The lowest BCUT2D eigenvalue weighted by atomic mass is 10.2. The SMILES string of the molecule is C=CCCC/C=C/C=C/CCCC. The molecule has 0 aromatic heterocycles. The van der Waals surface area contributed by atoms with E-state index in [4.69, 9.17) is 0 Å². The van der Waals surface area contributed by atoms with E-state index in [1.165, 1.54) is 32.1 Å². The van der Waals surface area contributed by atoms with Crippen LogP contribution in [0.2, 0.25) is 0 Å². The summed E-state index contributed by atoms with van der Waals surface area (Å²) in [6, 6.07) is 0. The summed E-state index contributed by atoms with van der Waals surface area (Å²) in [6.07, 6.45) is 18.1. The van der Waals surface area contributed by atoms with Gasteiger partial charge in [-0.15, -0.1) is 6.58 Å². The van der Waals surface area contributed by atoms with Gasteiger partial charge in [0.05, 0.1) is 0 Å². The molecule has 0 spiro atoms. The number of allylic oxidation sites excluding steroid dienone is 5. The number of hydrogen-bond donors (Lipinski definition) is 0. The Hall–Kier alpha value is -0.780. The molecule has 0 fully saturated rings. The summed E-state index contributed by atoms with van der Waals surface area (Å²) < 4.78 is 0. The Kier molecular flexibility index (Phi) is 10.5. The Morgan fingerprint density at radius 3 is 2.08 bits per heavy atom. The van der Waals surface area contributed by atoms with E-state index in [0.29, 0.717) is 0 Å². The van der Waals surface area contributed by atoms with Crippen LogP contribution in [0.3, 0.4) is 0 Å². The van der Waals surface area contributed by atoms with E-state index in [2.05, 4.69) is 37.8 Å². The van der Waals surface area contributed by atoms with E-state index in [-0.39, 0.29) is 0 Å². The maximum atomic E-state index is 3.69. The normalized spacial score (nSPS) is 11.5. The van der Waals surface area contributed by atoms with Crippen LogP contribution in [0.5, 0.6) is 0 Å². The van der Waals surface area contributed by atoms with Crippen LogP contribution in [0.1, 0.15) is 45.4 Å². The van der Waals surface area contributed by atoms with Crippen molar-refractivity contribution in [2.75, 3.05) is 0 Å². The fourth-order valence-corrected chi connectivity index (χ4v) is 1.05. The van der Waals surface area contributed by atoms with Crippen LogP contribution in [0.15, 0.2) is 37.0 Å². The van der Waals surface area contributed by atoms with Gasteiger partial charge in [0, 0.05) is 0 Å². The molecule has 0 N–H and O–H groups in total. The molecule has 0 rings (SSSR count). The highest BCUT2D eigenvalue weighted by molar-refractivity contribution is 5.02. The van der Waals surface area contributed by atoms with E-state index in [9.17, 15) is 0 Å². The Morgan fingerprint density at radius 2 is 1.54 bits per heavy atom. The van der Waals surface area contributed by atoms with Crippen molar-refractivity contribution in [3.8, 4) is 0 Å². The van der Waals surface area contributed by atoms with Crippen molar-refractivity contribution in [1.29, 1.82) is 0 Å². The summed E-state index contributed by atoms with van der Waals surface area (Å²) in [4.78, 5) is 0. The third kappa shape index (κ3) is 11.2. The summed E-state index contributed by atoms with van der Waals surface area (Å²) in [5, 5.41) is 0. The monoisotopic (exact) mass is 178 g/mol. The van der Waals surface area contributed by atoms with Crippen LogP contribution in [0.4, 0.5) is 0 Å². The molecular weight excluding hydrogens is 156 g/mol. The van der Waals surface area contributed by atoms with Gasteiger partial charge in [-0.05, 0) is 25.7 Å². The third-order valence-electron chi connectivity index (χ3n) is 1.89. The van der Waals surface area contributed by atoms with Crippen LogP contribution >= 0.6 is 0 Å². The lowest BCUT2D eigenvalue weighted by Crippen LogP contribution is -1.67. The highest BCUT2D eigenvalue weighted by Gasteiger charge is 1.78. The van der Waals surface area contributed by atoms with Gasteiger partial charge in [-0.2, -0.15) is 0 Å². The molecule has 0 unspecified atom stereocenters. The zero-order valence-electron chi connectivity index (χ0n) is 8.84. The van der Waals surface area contributed by atoms with Crippen molar-refractivity contribution in [2.45, 2.75) is 45.4 Å². The Balaban J connectivity index is 3.19. The van der Waals surface area contributed by atoms with Gasteiger partial charge in [0.2, 0.25) is 0 Å². The van der Waals surface area contributed by atoms with Gasteiger partial charge in [0.25, 0.3) is 0 Å². The molecule has 0 atom stereocenters. The van der Waals surface area contributed by atoms with Crippen LogP contribution in [0, 0.1) is 0 Å². The molecule has 0 nitrogen and oxygen atoms in total. The second-order valence-corrected chi connectivity index (χ2v) is 3.22. The summed E-state index contributed by atoms with van der Waals surface area (Å²) in [6.45, 7) is 5.91. The minimum atomic E-state index is 1.13. The molecule has 0 aromatic rings. The zero-order valence-corrected chi connectivity index (χ0v) is 8.84. The maximum Gasteiger partial charge on any atom is -0.0345 e. The number of rotatable bonds is 8. The number of unbranched alkanes of at least 4 members (excludes halogenated alkanes) is 4. The third-order valence-corrected chi connectivity index (χ3v) is 1.89. The van der Waals surface area contributed by atoms with E-state index < -0.39 is 0 Å². The molecule has 0 saturated carbocycles. The quantitative estimate of drug-likeness (QED) is 0.288. The second-order valence-electron chi connectivity index (χ2n) is 3.22. The molecule has 0 saturated heterocycles. The molecule has 13 heavy (non-hydrogen) atoms. The van der Waals surface area contributed by atoms with Gasteiger partial charge in [0.15, 0.2) is 0 Å². The predicted molar refractivity (Wildman–Crippen MR) is 61.9 cm³/mol. The molecule has 0 radical (unpaired) electrons. The van der Waals surface area contributed by atoms with Gasteiger partial charge < -0.3 is 0 Å². The molecule has 0 aliphatic heterocycles. The Morgan fingerprint density at radius 1 is 0.923 bits per heavy atom. The van der Waals surface area contributed by atoms with Crippen molar-refractivity contribution < 1.29 is 0 Å². The standard InChI is InChI=1S/C13H22/c1-3-5-7-9-11-13-12-10-8-6-4-2/h3,10-13H,1,4-9H2,2H3/b12-10+,13-11+. The Labute approximate surface area is 83.0 Å². The highest BCUT2D eigenvalue weighted by atomic mass is 13.8. The fourth-order valence-electron chi connectivity index (χ4n) is 1.05. The average Bonchev–Trinajstić information content (AvgIpc) is 2.16. The summed E-state index contributed by atoms with van der Waals surface area (Å²) in [5.74, 6) is 0. The second kappa shape index (κ2) is 11.2. The van der Waals surface area contributed by atoms with Crippen LogP contribution in [0.25, 0.3) is 0 Å². The topological polar surface area (TPSA) is 0 Å². The minimum absolute atomic E-state index is 1.13. The van der Waals surface area contributed by atoms with Crippen molar-refractivity contribution in [3.05, 3.63) is 37.0 Å². The first-order valence-electron chi connectivity index (χ1n) is 5.34. The van der Waals surface area contributed by atoms with E-state index in [0.717, 1.165) is 6.42 Å². The van der Waals surface area contributed by atoms with E-state index >= 15 is 0 Å². The highest BCUT2D eigenvalue weighted by Crippen LogP contribution is 1.98. The van der Waals surface area contributed by atoms with Gasteiger partial charge in [-0.3, -0.25) is 0 Å². The fraction of sp³-hybridized carbons (Fsp3) is 0.538. The van der Waals surface area contributed by atoms with Crippen molar-refractivity contribution in [3.63, 3.8) is 0 Å². The van der Waals surface area contributed by atoms with Gasteiger partial charge in [-0.1, -0.05) is 50.1 Å². The lowest BCUT2D eigenvalue weighted by Gasteiger charge is -1.88. The predicted octanol–water partition coefficient (Wildman–Crippen LogP) is 4.65. The average molecular weight is 178 g/mol. The molecule has 0 amide bonds. The van der Waals surface area contributed by atoms with Crippen molar-refractivity contribution >= 4 is 0 Å². The molecule has 0 aromatic carbocycles. The minimum Gasteiger partial charge on any atom is -0.103 e. The summed E-state index contributed by atoms with van der Waals surface area (Å²) in [5.41, 5.74) is 0. The molecule has 0 aliphatic rings. The first-order chi connectivity index (χ1) is 6.41. The molecule has 74 valence electrons. The molecular formula is C13H22. The summed E-state index contributed by atoms with van der Waals surface area (Å²) >= 11 is 0. The van der Waals surface area contributed by atoms with Crippen LogP contribution < -0.4 is 0 Å². The lowest BCUT2D eigenvalue weighted by molar-refractivity contribution is 0.814.